The average Bonchev–Trinajstić information content (AvgIpc) is 2.61. The van der Waals surface area contributed by atoms with Crippen molar-refractivity contribution in [2.24, 2.45) is 11.8 Å². The van der Waals surface area contributed by atoms with Crippen LogP contribution in [-0.4, -0.2) is 13.6 Å². The number of benzene rings is 1. The molecule has 0 bridgehead atoms. The largest absolute Gasteiger partial charge is 0.398 e. The van der Waals surface area contributed by atoms with Gasteiger partial charge in [-0.1, -0.05) is 70.4 Å². The number of nitrogens with one attached hydrogen (secondary N) is 1. The van der Waals surface area contributed by atoms with E-state index >= 15 is 0 Å². The fourth-order valence-electron chi connectivity index (χ4n) is 3.92. The highest BCUT2D eigenvalue weighted by molar-refractivity contribution is 8.03. The summed E-state index contributed by atoms with van der Waals surface area (Å²) < 4.78 is 0. The van der Waals surface area contributed by atoms with Crippen molar-refractivity contribution in [3.05, 3.63) is 35.2 Å². The molecule has 1 saturated carbocycles. The van der Waals surface area contributed by atoms with Gasteiger partial charge >= 0.3 is 0 Å². The highest BCUT2D eigenvalue weighted by atomic mass is 32.2. The van der Waals surface area contributed by atoms with Gasteiger partial charge in [-0.3, -0.25) is 0 Å². The van der Waals surface area contributed by atoms with Crippen LogP contribution in [0.5, 0.6) is 0 Å². The molecule has 3 heteroatoms. The summed E-state index contributed by atoms with van der Waals surface area (Å²) in [6.45, 7) is 9.91. The first-order valence-electron chi connectivity index (χ1n) is 9.91. The van der Waals surface area contributed by atoms with Crippen molar-refractivity contribution in [3.8, 4) is 0 Å². The molecule has 1 aromatic carbocycles. The third-order valence-corrected chi connectivity index (χ3v) is 6.60. The third kappa shape index (κ3) is 6.38. The summed E-state index contributed by atoms with van der Waals surface area (Å²) in [5.41, 5.74) is 8.40. The molecule has 0 saturated heterocycles. The second kappa shape index (κ2) is 10.3. The minimum absolute atomic E-state index is 0.527. The predicted octanol–water partition coefficient (Wildman–Crippen LogP) is 6.19. The Morgan fingerprint density at radius 3 is 2.64 bits per heavy atom. The van der Waals surface area contributed by atoms with E-state index in [-0.39, 0.29) is 0 Å². The molecule has 0 amide bonds. The zero-order valence-electron chi connectivity index (χ0n) is 16.3. The van der Waals surface area contributed by atoms with Crippen molar-refractivity contribution in [3.63, 3.8) is 0 Å². The van der Waals surface area contributed by atoms with Crippen molar-refractivity contribution in [2.75, 3.05) is 19.3 Å². The summed E-state index contributed by atoms with van der Waals surface area (Å²) in [6.07, 6.45) is 9.40. The predicted molar refractivity (Wildman–Crippen MR) is 113 cm³/mol. The minimum atomic E-state index is 0.527. The molecule has 3 N–H and O–H groups in total. The number of rotatable bonds is 9. The Morgan fingerprint density at radius 1 is 1.28 bits per heavy atom. The Hall–Kier alpha value is -0.930. The second-order valence-electron chi connectivity index (χ2n) is 7.85. The van der Waals surface area contributed by atoms with E-state index in [9.17, 15) is 0 Å². The van der Waals surface area contributed by atoms with Crippen molar-refractivity contribution >= 4 is 17.4 Å². The molecule has 1 fully saturated rings. The topological polar surface area (TPSA) is 38.0 Å². The quantitative estimate of drug-likeness (QED) is 0.407. The number of nitrogens with two attached hydrogens (primary N) is 1. The minimum Gasteiger partial charge on any atom is -0.398 e. The maximum Gasteiger partial charge on any atom is 0.0455 e. The summed E-state index contributed by atoms with van der Waals surface area (Å²) in [6, 6.07) is 6.41. The number of hydrogen-bond donors (Lipinski definition) is 2. The molecule has 0 radical (unpaired) electrons. The van der Waals surface area contributed by atoms with E-state index in [4.69, 9.17) is 5.73 Å². The molecule has 25 heavy (non-hydrogen) atoms. The van der Waals surface area contributed by atoms with Gasteiger partial charge in [0.05, 0.1) is 0 Å². The van der Waals surface area contributed by atoms with Crippen molar-refractivity contribution in [1.82, 2.24) is 5.32 Å². The third-order valence-electron chi connectivity index (χ3n) is 5.54. The molecule has 2 nitrogen and oxygen atoms in total. The van der Waals surface area contributed by atoms with E-state index in [2.05, 4.69) is 44.9 Å². The number of hydrogen-bond acceptors (Lipinski definition) is 3. The lowest BCUT2D eigenvalue weighted by molar-refractivity contribution is 0.233. The van der Waals surface area contributed by atoms with Crippen LogP contribution in [0, 0.1) is 11.8 Å². The van der Waals surface area contributed by atoms with Crippen LogP contribution in [0.15, 0.2) is 34.6 Å². The molecule has 2 rings (SSSR count). The smallest absolute Gasteiger partial charge is 0.0455 e. The van der Waals surface area contributed by atoms with E-state index in [1.54, 1.807) is 11.8 Å². The van der Waals surface area contributed by atoms with E-state index in [1.165, 1.54) is 53.9 Å². The molecular formula is C22H36N2S. The van der Waals surface area contributed by atoms with Gasteiger partial charge in [-0.25, -0.2) is 0 Å². The molecule has 0 aliphatic heterocycles. The molecule has 1 aliphatic carbocycles. The van der Waals surface area contributed by atoms with Crippen LogP contribution in [0.25, 0.3) is 0 Å². The molecule has 140 valence electrons. The van der Waals surface area contributed by atoms with Crippen LogP contribution < -0.4 is 11.1 Å². The first kappa shape index (κ1) is 20.4. The van der Waals surface area contributed by atoms with Gasteiger partial charge in [-0.05, 0) is 66.8 Å². The van der Waals surface area contributed by atoms with Crippen LogP contribution in [-0.2, 0) is 0 Å². The van der Waals surface area contributed by atoms with Gasteiger partial charge in [-0.2, -0.15) is 0 Å². The summed E-state index contributed by atoms with van der Waals surface area (Å²) >= 11 is 1.77. The normalized spacial score (nSPS) is 17.0. The standard InChI is InChI=1S/C22H36N2S/c1-16(2)19-12-13-21(23)22(14-19)25-17(3)10-11-20(15-24-4)18-8-6-5-7-9-18/h12-14,16,18,20,24H,3,5-11,15,23H2,1-2,4H3. The summed E-state index contributed by atoms with van der Waals surface area (Å²) in [5.74, 6) is 2.20. The van der Waals surface area contributed by atoms with Gasteiger partial charge < -0.3 is 11.1 Å². The second-order valence-corrected chi connectivity index (χ2v) is 9.07. The average molecular weight is 361 g/mol. The van der Waals surface area contributed by atoms with E-state index in [1.807, 2.05) is 6.07 Å². The van der Waals surface area contributed by atoms with Crippen molar-refractivity contribution < 1.29 is 0 Å². The van der Waals surface area contributed by atoms with Gasteiger partial charge in [0, 0.05) is 10.6 Å². The van der Waals surface area contributed by atoms with Crippen LogP contribution in [0.2, 0.25) is 0 Å². The van der Waals surface area contributed by atoms with Crippen LogP contribution in [0.1, 0.15) is 70.3 Å². The number of allylic oxidation sites excluding steroid dienone is 1. The van der Waals surface area contributed by atoms with Crippen LogP contribution in [0.4, 0.5) is 5.69 Å². The van der Waals surface area contributed by atoms with Crippen LogP contribution in [0.3, 0.4) is 0 Å². The van der Waals surface area contributed by atoms with Gasteiger partial charge in [0.1, 0.15) is 0 Å². The SMILES string of the molecule is C=C(CCC(CNC)C1CCCCC1)Sc1cc(C(C)C)ccc1N. The van der Waals surface area contributed by atoms with E-state index in [0.29, 0.717) is 5.92 Å². The lowest BCUT2D eigenvalue weighted by Gasteiger charge is -2.30. The van der Waals surface area contributed by atoms with Crippen molar-refractivity contribution in [2.45, 2.75) is 69.6 Å². The number of nitrogen functional groups attached to an aromatic ring is 1. The summed E-state index contributed by atoms with van der Waals surface area (Å²) in [5, 5.41) is 3.41. The summed E-state index contributed by atoms with van der Waals surface area (Å²) in [7, 11) is 2.08. The zero-order valence-corrected chi connectivity index (χ0v) is 17.1. The van der Waals surface area contributed by atoms with Gasteiger partial charge in [0.25, 0.3) is 0 Å². The first-order chi connectivity index (χ1) is 12.0. The van der Waals surface area contributed by atoms with Crippen molar-refractivity contribution in [1.29, 1.82) is 0 Å². The zero-order chi connectivity index (χ0) is 18.2. The molecule has 1 atom stereocenters. The highest BCUT2D eigenvalue weighted by Gasteiger charge is 2.23. The van der Waals surface area contributed by atoms with Gasteiger partial charge in [-0.15, -0.1) is 0 Å². The molecule has 0 spiro atoms. The molecule has 1 aromatic rings. The lowest BCUT2D eigenvalue weighted by atomic mass is 9.78. The maximum atomic E-state index is 6.19. The highest BCUT2D eigenvalue weighted by Crippen LogP contribution is 2.37. The molecule has 1 unspecified atom stereocenters. The van der Waals surface area contributed by atoms with Gasteiger partial charge in [0.2, 0.25) is 0 Å². The number of thioether (sulfide) groups is 1. The lowest BCUT2D eigenvalue weighted by Crippen LogP contribution is -2.27. The first-order valence-corrected chi connectivity index (χ1v) is 10.7. The Labute approximate surface area is 159 Å². The molecule has 0 aromatic heterocycles. The Kier molecular flexibility index (Phi) is 8.38. The summed E-state index contributed by atoms with van der Waals surface area (Å²) in [4.78, 5) is 2.41. The maximum absolute atomic E-state index is 6.19. The fraction of sp³-hybridized carbons (Fsp3) is 0.636. The Morgan fingerprint density at radius 2 is 2.00 bits per heavy atom. The molecular weight excluding hydrogens is 324 g/mol. The van der Waals surface area contributed by atoms with Crippen LogP contribution >= 0.6 is 11.8 Å². The Balaban J connectivity index is 1.91. The molecule has 1 aliphatic rings. The molecule has 0 heterocycles. The Bertz CT molecular complexity index is 547. The van der Waals surface area contributed by atoms with Gasteiger partial charge in [0.15, 0.2) is 0 Å². The monoisotopic (exact) mass is 360 g/mol. The van der Waals surface area contributed by atoms with E-state index in [0.717, 1.165) is 30.5 Å². The number of anilines is 1. The fourth-order valence-corrected chi connectivity index (χ4v) is 4.84. The van der Waals surface area contributed by atoms with E-state index < -0.39 is 0 Å².